The van der Waals surface area contributed by atoms with Gasteiger partial charge in [0.2, 0.25) is 5.91 Å². The fourth-order valence-corrected chi connectivity index (χ4v) is 3.90. The van der Waals surface area contributed by atoms with Gasteiger partial charge in [-0.3, -0.25) is 9.59 Å². The molecular formula is C15H18Br2N2O3S. The van der Waals surface area contributed by atoms with Gasteiger partial charge in [-0.1, -0.05) is 19.9 Å². The number of ether oxygens (including phenoxy) is 1. The first-order chi connectivity index (χ1) is 10.8. The SMILES string of the molecule is CCOC(=O)Cc1csc(NC(=O)C2C(C=C(Br)Br)C2(C)C)n1. The molecule has 2 unspecified atom stereocenters. The third-order valence-corrected chi connectivity index (χ3v) is 5.25. The summed E-state index contributed by atoms with van der Waals surface area (Å²) in [5.74, 6) is -0.277. The number of thiazole rings is 1. The van der Waals surface area contributed by atoms with Crippen molar-refractivity contribution in [3.05, 3.63) is 20.5 Å². The van der Waals surface area contributed by atoms with Gasteiger partial charge in [0.25, 0.3) is 0 Å². The van der Waals surface area contributed by atoms with Crippen LogP contribution in [-0.4, -0.2) is 23.5 Å². The molecule has 1 N–H and O–H groups in total. The van der Waals surface area contributed by atoms with Crippen molar-refractivity contribution in [2.24, 2.45) is 17.3 Å². The molecule has 0 radical (unpaired) electrons. The summed E-state index contributed by atoms with van der Waals surface area (Å²) >= 11 is 8.00. The Morgan fingerprint density at radius 2 is 2.17 bits per heavy atom. The van der Waals surface area contributed by atoms with E-state index >= 15 is 0 Å². The van der Waals surface area contributed by atoms with E-state index in [2.05, 4.69) is 56.0 Å². The predicted molar refractivity (Wildman–Crippen MR) is 97.8 cm³/mol. The number of esters is 1. The molecule has 1 aliphatic carbocycles. The second-order valence-electron chi connectivity index (χ2n) is 5.90. The van der Waals surface area contributed by atoms with Crippen molar-refractivity contribution >= 4 is 60.2 Å². The smallest absolute Gasteiger partial charge is 0.311 e. The first-order valence-corrected chi connectivity index (χ1v) is 9.66. The summed E-state index contributed by atoms with van der Waals surface area (Å²) in [5, 5.41) is 5.12. The van der Waals surface area contributed by atoms with Gasteiger partial charge in [0.1, 0.15) is 0 Å². The number of hydrogen-bond acceptors (Lipinski definition) is 5. The zero-order valence-electron chi connectivity index (χ0n) is 13.1. The molecule has 0 saturated heterocycles. The van der Waals surface area contributed by atoms with E-state index in [4.69, 9.17) is 4.74 Å². The molecule has 1 aromatic rings. The third-order valence-electron chi connectivity index (χ3n) is 3.91. The molecule has 1 fully saturated rings. The van der Waals surface area contributed by atoms with Gasteiger partial charge in [-0.25, -0.2) is 4.98 Å². The second-order valence-corrected chi connectivity index (χ2v) is 9.53. The minimum atomic E-state index is -0.314. The Morgan fingerprint density at radius 3 is 2.78 bits per heavy atom. The normalized spacial score (nSPS) is 21.4. The molecule has 1 aliphatic rings. The summed E-state index contributed by atoms with van der Waals surface area (Å²) in [6, 6.07) is 0. The van der Waals surface area contributed by atoms with E-state index in [0.717, 1.165) is 3.39 Å². The summed E-state index contributed by atoms with van der Waals surface area (Å²) in [4.78, 5) is 28.1. The van der Waals surface area contributed by atoms with Gasteiger partial charge in [-0.05, 0) is 50.1 Å². The van der Waals surface area contributed by atoms with Crippen molar-refractivity contribution in [1.29, 1.82) is 0 Å². The van der Waals surface area contributed by atoms with Gasteiger partial charge in [0.15, 0.2) is 5.13 Å². The van der Waals surface area contributed by atoms with E-state index in [0.29, 0.717) is 17.4 Å². The summed E-state index contributed by atoms with van der Waals surface area (Å²) < 4.78 is 5.74. The second kappa shape index (κ2) is 7.44. The minimum absolute atomic E-state index is 0.0467. The van der Waals surface area contributed by atoms with E-state index < -0.39 is 0 Å². The molecule has 126 valence electrons. The molecule has 2 atom stereocenters. The highest BCUT2D eigenvalue weighted by Gasteiger charge is 2.60. The molecule has 8 heteroatoms. The number of anilines is 1. The number of rotatable bonds is 6. The molecule has 23 heavy (non-hydrogen) atoms. The maximum atomic E-state index is 12.4. The summed E-state index contributed by atoms with van der Waals surface area (Å²) in [5.41, 5.74) is 0.528. The highest BCUT2D eigenvalue weighted by Crippen LogP contribution is 2.60. The maximum Gasteiger partial charge on any atom is 0.311 e. The van der Waals surface area contributed by atoms with Gasteiger partial charge in [0.05, 0.1) is 28.0 Å². The minimum Gasteiger partial charge on any atom is -0.466 e. The number of nitrogens with one attached hydrogen (secondary N) is 1. The van der Waals surface area contributed by atoms with Crippen LogP contribution in [0.4, 0.5) is 5.13 Å². The van der Waals surface area contributed by atoms with Crippen LogP contribution >= 0.6 is 43.2 Å². The molecule has 0 spiro atoms. The predicted octanol–water partition coefficient (Wildman–Crippen LogP) is 4.09. The van der Waals surface area contributed by atoms with Gasteiger partial charge in [-0.2, -0.15) is 0 Å². The first kappa shape index (κ1) is 18.6. The van der Waals surface area contributed by atoms with Gasteiger partial charge < -0.3 is 10.1 Å². The Morgan fingerprint density at radius 1 is 1.48 bits per heavy atom. The lowest BCUT2D eigenvalue weighted by Crippen LogP contribution is -2.17. The number of carbonyl (C=O) groups is 2. The fraction of sp³-hybridized carbons (Fsp3) is 0.533. The van der Waals surface area contributed by atoms with Crippen molar-refractivity contribution in [1.82, 2.24) is 4.98 Å². The number of hydrogen-bond donors (Lipinski definition) is 1. The van der Waals surface area contributed by atoms with Gasteiger partial charge in [0, 0.05) is 5.38 Å². The Labute approximate surface area is 156 Å². The van der Waals surface area contributed by atoms with E-state index in [1.54, 1.807) is 12.3 Å². The number of halogens is 2. The van der Waals surface area contributed by atoms with Crippen molar-refractivity contribution in [3.8, 4) is 0 Å². The van der Waals surface area contributed by atoms with Crippen LogP contribution in [0, 0.1) is 17.3 Å². The molecule has 1 heterocycles. The lowest BCUT2D eigenvalue weighted by molar-refractivity contribution is -0.142. The van der Waals surface area contributed by atoms with Crippen LogP contribution in [0.25, 0.3) is 0 Å². The molecule has 1 aromatic heterocycles. The van der Waals surface area contributed by atoms with Crippen LogP contribution in [0.5, 0.6) is 0 Å². The first-order valence-electron chi connectivity index (χ1n) is 7.19. The van der Waals surface area contributed by atoms with Gasteiger partial charge >= 0.3 is 5.97 Å². The van der Waals surface area contributed by atoms with E-state index in [9.17, 15) is 9.59 Å². The average Bonchev–Trinajstić information content (AvgIpc) is 2.77. The lowest BCUT2D eigenvalue weighted by atomic mass is 10.1. The van der Waals surface area contributed by atoms with Crippen LogP contribution in [-0.2, 0) is 20.7 Å². The molecule has 0 aromatic carbocycles. The molecule has 0 bridgehead atoms. The summed E-state index contributed by atoms with van der Waals surface area (Å²) in [6.07, 6.45) is 2.12. The molecule has 1 amide bonds. The molecule has 5 nitrogen and oxygen atoms in total. The molecule has 2 rings (SSSR count). The number of nitrogens with zero attached hydrogens (tertiary/aromatic N) is 1. The summed E-state index contributed by atoms with van der Waals surface area (Å²) in [6.45, 7) is 6.24. The van der Waals surface area contributed by atoms with Crippen LogP contribution in [0.1, 0.15) is 26.5 Å². The Kier molecular flexibility index (Phi) is 6.02. The lowest BCUT2D eigenvalue weighted by Gasteiger charge is -2.02. The van der Waals surface area contributed by atoms with Gasteiger partial charge in [-0.15, -0.1) is 11.3 Å². The van der Waals surface area contributed by atoms with Crippen LogP contribution in [0.3, 0.4) is 0 Å². The quantitative estimate of drug-likeness (QED) is 0.642. The number of amides is 1. The van der Waals surface area contributed by atoms with E-state index in [-0.39, 0.29) is 35.5 Å². The summed E-state index contributed by atoms with van der Waals surface area (Å²) in [7, 11) is 0. The van der Waals surface area contributed by atoms with Crippen molar-refractivity contribution < 1.29 is 14.3 Å². The molecule has 1 saturated carbocycles. The monoisotopic (exact) mass is 464 g/mol. The largest absolute Gasteiger partial charge is 0.466 e. The number of aromatic nitrogens is 1. The van der Waals surface area contributed by atoms with Crippen molar-refractivity contribution in [2.75, 3.05) is 11.9 Å². The van der Waals surface area contributed by atoms with Crippen molar-refractivity contribution in [3.63, 3.8) is 0 Å². The zero-order valence-corrected chi connectivity index (χ0v) is 17.0. The third kappa shape index (κ3) is 4.64. The Bertz CT molecular complexity index is 638. The number of carbonyl (C=O) groups excluding carboxylic acids is 2. The van der Waals surface area contributed by atoms with Crippen LogP contribution in [0.2, 0.25) is 0 Å². The van der Waals surface area contributed by atoms with E-state index in [1.807, 2.05) is 6.08 Å². The molecular weight excluding hydrogens is 448 g/mol. The Balaban J connectivity index is 1.95. The topological polar surface area (TPSA) is 68.3 Å². The van der Waals surface area contributed by atoms with Crippen LogP contribution < -0.4 is 5.32 Å². The van der Waals surface area contributed by atoms with E-state index in [1.165, 1.54) is 11.3 Å². The highest BCUT2D eigenvalue weighted by molar-refractivity contribution is 9.28. The van der Waals surface area contributed by atoms with Crippen molar-refractivity contribution in [2.45, 2.75) is 27.2 Å². The fourth-order valence-electron chi connectivity index (χ4n) is 2.61. The number of allylic oxidation sites excluding steroid dienone is 1. The highest BCUT2D eigenvalue weighted by atomic mass is 79.9. The molecule has 0 aliphatic heterocycles. The maximum absolute atomic E-state index is 12.4. The zero-order chi connectivity index (χ0) is 17.2. The Hall–Kier alpha value is -0.730. The average molecular weight is 466 g/mol. The van der Waals surface area contributed by atoms with Crippen LogP contribution in [0.15, 0.2) is 14.8 Å². The standard InChI is InChI=1S/C15H18Br2N2O3S/c1-4-22-11(20)5-8-7-23-14(18-8)19-13(21)12-9(6-10(16)17)15(12,2)3/h6-7,9,12H,4-5H2,1-3H3,(H,18,19,21).